The van der Waals surface area contributed by atoms with Gasteiger partial charge in [0.2, 0.25) is 0 Å². The van der Waals surface area contributed by atoms with Gasteiger partial charge < -0.3 is 9.84 Å². The molecule has 0 amide bonds. The smallest absolute Gasteiger partial charge is 0.335 e. The summed E-state index contributed by atoms with van der Waals surface area (Å²) in [6.45, 7) is 3.89. The number of carbonyl (C=O) groups is 1. The van der Waals surface area contributed by atoms with Gasteiger partial charge in [-0.3, -0.25) is 5.43 Å². The number of hydrogen-bond acceptors (Lipinski definition) is 4. The van der Waals surface area contributed by atoms with E-state index in [0.717, 1.165) is 28.3 Å². The number of aryl methyl sites for hydroxylation is 1. The molecule has 0 aliphatic heterocycles. The lowest BCUT2D eigenvalue weighted by atomic mass is 10.1. The normalized spacial score (nSPS) is 11.1. The number of nitrogens with zero attached hydrogens (tertiary/aromatic N) is 1. The molecule has 2 aromatic rings. The van der Waals surface area contributed by atoms with Gasteiger partial charge in [-0.15, -0.1) is 0 Å². The summed E-state index contributed by atoms with van der Waals surface area (Å²) < 4.78 is 5.34. The van der Waals surface area contributed by atoms with Crippen molar-refractivity contribution in [2.75, 3.05) is 12.5 Å². The lowest BCUT2D eigenvalue weighted by molar-refractivity contribution is 0.0697. The van der Waals surface area contributed by atoms with E-state index in [0.29, 0.717) is 0 Å². The highest BCUT2D eigenvalue weighted by atomic mass is 16.5. The molecule has 0 aromatic heterocycles. The minimum atomic E-state index is -0.948. The van der Waals surface area contributed by atoms with Gasteiger partial charge in [0, 0.05) is 5.56 Å². The van der Waals surface area contributed by atoms with Crippen LogP contribution in [0.3, 0.4) is 0 Å². The molecule has 22 heavy (non-hydrogen) atoms. The summed E-state index contributed by atoms with van der Waals surface area (Å²) in [7, 11) is 1.62. The van der Waals surface area contributed by atoms with Crippen molar-refractivity contribution in [3.05, 3.63) is 59.2 Å². The summed E-state index contributed by atoms with van der Waals surface area (Å²) in [4.78, 5) is 10.8. The number of methoxy groups -OCH3 is 1. The number of nitrogens with one attached hydrogen (secondary N) is 1. The van der Waals surface area contributed by atoms with Gasteiger partial charge in [-0.1, -0.05) is 11.6 Å². The first kappa shape index (κ1) is 15.6. The quantitative estimate of drug-likeness (QED) is 0.654. The van der Waals surface area contributed by atoms with Crippen LogP contribution >= 0.6 is 0 Å². The Morgan fingerprint density at radius 2 is 1.86 bits per heavy atom. The van der Waals surface area contributed by atoms with Gasteiger partial charge in [0.05, 0.1) is 24.1 Å². The molecule has 0 saturated heterocycles. The fourth-order valence-electron chi connectivity index (χ4n) is 2.00. The highest BCUT2D eigenvalue weighted by Gasteiger charge is 2.07. The standard InChI is InChI=1S/C17H18N2O3/c1-11-4-9-16(22-3)15(10-11)12(2)18-19-14-7-5-13(6-8-14)17(20)21/h4-10,19H,1-3H3,(H,20,21). The van der Waals surface area contributed by atoms with E-state index in [1.165, 1.54) is 12.1 Å². The highest BCUT2D eigenvalue weighted by molar-refractivity contribution is 6.01. The van der Waals surface area contributed by atoms with Crippen molar-refractivity contribution in [2.45, 2.75) is 13.8 Å². The Hall–Kier alpha value is -2.82. The van der Waals surface area contributed by atoms with Gasteiger partial charge in [0.15, 0.2) is 0 Å². The summed E-state index contributed by atoms with van der Waals surface area (Å²) >= 11 is 0. The second-order valence-electron chi connectivity index (χ2n) is 4.90. The molecule has 0 aliphatic rings. The fourth-order valence-corrected chi connectivity index (χ4v) is 2.00. The number of benzene rings is 2. The van der Waals surface area contributed by atoms with Crippen LogP contribution in [0, 0.1) is 6.92 Å². The zero-order chi connectivity index (χ0) is 16.1. The average molecular weight is 298 g/mol. The summed E-state index contributed by atoms with van der Waals surface area (Å²) in [6, 6.07) is 12.3. The Kier molecular flexibility index (Phi) is 4.78. The highest BCUT2D eigenvalue weighted by Crippen LogP contribution is 2.20. The van der Waals surface area contributed by atoms with Crippen LogP contribution in [0.4, 0.5) is 5.69 Å². The van der Waals surface area contributed by atoms with E-state index in [9.17, 15) is 4.79 Å². The second-order valence-corrected chi connectivity index (χ2v) is 4.90. The molecule has 0 saturated carbocycles. The zero-order valence-corrected chi connectivity index (χ0v) is 12.8. The molecule has 0 heterocycles. The molecular formula is C17H18N2O3. The van der Waals surface area contributed by atoms with Crippen molar-refractivity contribution in [2.24, 2.45) is 5.10 Å². The Morgan fingerprint density at radius 1 is 1.18 bits per heavy atom. The lowest BCUT2D eigenvalue weighted by Crippen LogP contribution is -2.03. The number of rotatable bonds is 5. The van der Waals surface area contributed by atoms with Crippen molar-refractivity contribution in [1.82, 2.24) is 0 Å². The first-order chi connectivity index (χ1) is 10.5. The van der Waals surface area contributed by atoms with Crippen LogP contribution in [0.1, 0.15) is 28.4 Å². The third-order valence-corrected chi connectivity index (χ3v) is 3.23. The monoisotopic (exact) mass is 298 g/mol. The lowest BCUT2D eigenvalue weighted by Gasteiger charge is -2.09. The number of anilines is 1. The predicted octanol–water partition coefficient (Wildman–Crippen LogP) is 3.54. The molecule has 0 fully saturated rings. The molecule has 0 radical (unpaired) electrons. The SMILES string of the molecule is COc1ccc(C)cc1C(C)=NNc1ccc(C(=O)O)cc1. The number of hydrazone groups is 1. The van der Waals surface area contributed by atoms with Gasteiger partial charge in [0.25, 0.3) is 0 Å². The Labute approximate surface area is 129 Å². The van der Waals surface area contributed by atoms with Crippen LogP contribution in [-0.4, -0.2) is 23.9 Å². The summed E-state index contributed by atoms with van der Waals surface area (Å²) in [5.74, 6) is -0.189. The molecule has 0 bridgehead atoms. The maximum Gasteiger partial charge on any atom is 0.335 e. The third kappa shape index (κ3) is 3.63. The zero-order valence-electron chi connectivity index (χ0n) is 12.8. The molecule has 0 atom stereocenters. The van der Waals surface area contributed by atoms with E-state index in [-0.39, 0.29) is 5.56 Å². The van der Waals surface area contributed by atoms with E-state index in [2.05, 4.69) is 10.5 Å². The van der Waals surface area contributed by atoms with E-state index in [4.69, 9.17) is 9.84 Å². The van der Waals surface area contributed by atoms with Gasteiger partial charge in [0.1, 0.15) is 5.75 Å². The first-order valence-corrected chi connectivity index (χ1v) is 6.80. The molecule has 114 valence electrons. The first-order valence-electron chi connectivity index (χ1n) is 6.80. The molecule has 0 unspecified atom stereocenters. The number of carboxylic acids is 1. The Balaban J connectivity index is 2.19. The van der Waals surface area contributed by atoms with Crippen LogP contribution in [0.25, 0.3) is 0 Å². The van der Waals surface area contributed by atoms with Crippen molar-refractivity contribution < 1.29 is 14.6 Å². The molecule has 0 spiro atoms. The van der Waals surface area contributed by atoms with E-state index in [1.54, 1.807) is 19.2 Å². The number of carboxylic acid groups (broad SMARTS) is 1. The molecule has 0 aliphatic carbocycles. The van der Waals surface area contributed by atoms with Crippen LogP contribution in [0.15, 0.2) is 47.6 Å². The van der Waals surface area contributed by atoms with Crippen molar-refractivity contribution >= 4 is 17.4 Å². The average Bonchev–Trinajstić information content (AvgIpc) is 2.53. The van der Waals surface area contributed by atoms with Gasteiger partial charge in [-0.05, 0) is 50.2 Å². The molecule has 5 heteroatoms. The summed E-state index contributed by atoms with van der Waals surface area (Å²) in [6.07, 6.45) is 0. The number of ether oxygens (including phenoxy) is 1. The molecule has 5 nitrogen and oxygen atoms in total. The van der Waals surface area contributed by atoms with Gasteiger partial charge >= 0.3 is 5.97 Å². The van der Waals surface area contributed by atoms with E-state index < -0.39 is 5.97 Å². The van der Waals surface area contributed by atoms with E-state index >= 15 is 0 Å². The predicted molar refractivity (Wildman–Crippen MR) is 87.0 cm³/mol. The largest absolute Gasteiger partial charge is 0.496 e. The van der Waals surface area contributed by atoms with Crippen molar-refractivity contribution in [3.63, 3.8) is 0 Å². The molecule has 2 rings (SSSR count). The maximum absolute atomic E-state index is 10.8. The third-order valence-electron chi connectivity index (χ3n) is 3.23. The van der Waals surface area contributed by atoms with Gasteiger partial charge in [-0.2, -0.15) is 5.10 Å². The van der Waals surface area contributed by atoms with Crippen molar-refractivity contribution in [1.29, 1.82) is 0 Å². The topological polar surface area (TPSA) is 70.9 Å². The van der Waals surface area contributed by atoms with Crippen LogP contribution in [-0.2, 0) is 0 Å². The number of hydrogen-bond donors (Lipinski definition) is 2. The molecule has 2 aromatic carbocycles. The summed E-state index contributed by atoms with van der Waals surface area (Å²) in [5, 5.41) is 13.2. The van der Waals surface area contributed by atoms with Crippen LogP contribution in [0.5, 0.6) is 5.75 Å². The molecular weight excluding hydrogens is 280 g/mol. The van der Waals surface area contributed by atoms with Gasteiger partial charge in [-0.25, -0.2) is 4.79 Å². The molecule has 2 N–H and O–H groups in total. The van der Waals surface area contributed by atoms with E-state index in [1.807, 2.05) is 32.0 Å². The van der Waals surface area contributed by atoms with Crippen molar-refractivity contribution in [3.8, 4) is 5.75 Å². The minimum Gasteiger partial charge on any atom is -0.496 e. The maximum atomic E-state index is 10.8. The minimum absolute atomic E-state index is 0.242. The number of aromatic carboxylic acids is 1. The Morgan fingerprint density at radius 3 is 2.45 bits per heavy atom. The van der Waals surface area contributed by atoms with Crippen LogP contribution < -0.4 is 10.2 Å². The second kappa shape index (κ2) is 6.76. The summed E-state index contributed by atoms with van der Waals surface area (Å²) in [5.41, 5.74) is 6.70. The fraction of sp³-hybridized carbons (Fsp3) is 0.176. The Bertz CT molecular complexity index is 706. The van der Waals surface area contributed by atoms with Crippen LogP contribution in [0.2, 0.25) is 0 Å².